The van der Waals surface area contributed by atoms with Crippen LogP contribution in [0, 0.1) is 11.8 Å². The molecule has 1 unspecified atom stereocenters. The third kappa shape index (κ3) is 45.8. The number of rotatable bonds is 47. The molecule has 350 valence electrons. The van der Waals surface area contributed by atoms with E-state index in [9.17, 15) is 14.4 Å². The van der Waals surface area contributed by atoms with E-state index in [1.165, 1.54) is 180 Å². The number of ether oxygens (including phenoxy) is 3. The first-order valence-corrected chi connectivity index (χ1v) is 26.3. The molecule has 0 aliphatic carbocycles. The summed E-state index contributed by atoms with van der Waals surface area (Å²) in [6.45, 7) is 11.3. The lowest BCUT2D eigenvalue weighted by Gasteiger charge is -2.18. The van der Waals surface area contributed by atoms with Gasteiger partial charge in [-0.1, -0.05) is 253 Å². The van der Waals surface area contributed by atoms with Crippen LogP contribution in [-0.4, -0.2) is 37.2 Å². The van der Waals surface area contributed by atoms with Crippen molar-refractivity contribution in [3.05, 3.63) is 0 Å². The standard InChI is InChI=1S/C53H102O6/c1-6-8-9-10-11-12-13-14-15-16-17-18-19-20-21-30-35-40-45-53(56)59-50(46-57-51(54)43-38-33-28-24-22-26-31-36-41-48(3)4)47-58-52(55)44-39-34-29-25-23-27-32-37-42-49(5)7-2/h48-50H,6-47H2,1-5H3/t49?,50-/m0/s1. The molecule has 2 atom stereocenters. The summed E-state index contributed by atoms with van der Waals surface area (Å²) in [4.78, 5) is 37.9. The van der Waals surface area contributed by atoms with Crippen LogP contribution >= 0.6 is 0 Å². The molecular weight excluding hydrogens is 733 g/mol. The predicted octanol–water partition coefficient (Wildman–Crippen LogP) is 16.9. The number of carbonyl (C=O) groups is 3. The normalized spacial score (nSPS) is 12.5. The van der Waals surface area contributed by atoms with Crippen molar-refractivity contribution in [2.75, 3.05) is 13.2 Å². The summed E-state index contributed by atoms with van der Waals surface area (Å²) in [5, 5.41) is 0. The van der Waals surface area contributed by atoms with Crippen LogP contribution in [0.3, 0.4) is 0 Å². The van der Waals surface area contributed by atoms with Crippen LogP contribution in [-0.2, 0) is 28.6 Å². The average Bonchev–Trinajstić information content (AvgIpc) is 3.22. The zero-order chi connectivity index (χ0) is 43.3. The van der Waals surface area contributed by atoms with E-state index in [0.29, 0.717) is 19.3 Å². The molecule has 0 N–H and O–H groups in total. The lowest BCUT2D eigenvalue weighted by atomic mass is 9.99. The van der Waals surface area contributed by atoms with E-state index in [0.717, 1.165) is 69.6 Å². The van der Waals surface area contributed by atoms with E-state index in [-0.39, 0.29) is 31.1 Å². The summed E-state index contributed by atoms with van der Waals surface area (Å²) in [7, 11) is 0. The first-order chi connectivity index (χ1) is 28.8. The molecule has 0 aromatic rings. The summed E-state index contributed by atoms with van der Waals surface area (Å²) in [5.74, 6) is 0.793. The summed E-state index contributed by atoms with van der Waals surface area (Å²) in [5.41, 5.74) is 0. The van der Waals surface area contributed by atoms with Crippen molar-refractivity contribution < 1.29 is 28.6 Å². The second kappa shape index (κ2) is 45.9. The molecule has 0 aromatic carbocycles. The van der Waals surface area contributed by atoms with Gasteiger partial charge in [-0.25, -0.2) is 0 Å². The highest BCUT2D eigenvalue weighted by Gasteiger charge is 2.19. The molecule has 0 radical (unpaired) electrons. The van der Waals surface area contributed by atoms with Gasteiger partial charge in [0.05, 0.1) is 0 Å². The van der Waals surface area contributed by atoms with Crippen molar-refractivity contribution in [2.24, 2.45) is 11.8 Å². The van der Waals surface area contributed by atoms with E-state index in [2.05, 4.69) is 34.6 Å². The van der Waals surface area contributed by atoms with Crippen LogP contribution in [0.5, 0.6) is 0 Å². The first-order valence-electron chi connectivity index (χ1n) is 26.3. The first kappa shape index (κ1) is 57.4. The van der Waals surface area contributed by atoms with Crippen molar-refractivity contribution in [3.63, 3.8) is 0 Å². The molecule has 0 amide bonds. The quantitative estimate of drug-likeness (QED) is 0.0345. The molecule has 0 spiro atoms. The van der Waals surface area contributed by atoms with Gasteiger partial charge in [0.15, 0.2) is 6.10 Å². The minimum absolute atomic E-state index is 0.0647. The third-order valence-electron chi connectivity index (χ3n) is 12.3. The lowest BCUT2D eigenvalue weighted by Crippen LogP contribution is -2.30. The Morgan fingerprint density at radius 3 is 0.966 bits per heavy atom. The summed E-state index contributed by atoms with van der Waals surface area (Å²) in [6, 6.07) is 0. The predicted molar refractivity (Wildman–Crippen MR) is 252 cm³/mol. The minimum atomic E-state index is -0.762. The van der Waals surface area contributed by atoms with Gasteiger partial charge in [0.2, 0.25) is 0 Å². The van der Waals surface area contributed by atoms with E-state index < -0.39 is 6.10 Å². The molecule has 0 aliphatic rings. The highest BCUT2D eigenvalue weighted by molar-refractivity contribution is 5.71. The van der Waals surface area contributed by atoms with Gasteiger partial charge in [0.1, 0.15) is 13.2 Å². The Morgan fingerprint density at radius 2 is 0.644 bits per heavy atom. The van der Waals surface area contributed by atoms with Gasteiger partial charge in [-0.05, 0) is 31.1 Å². The van der Waals surface area contributed by atoms with Crippen molar-refractivity contribution in [1.82, 2.24) is 0 Å². The fraction of sp³-hybridized carbons (Fsp3) is 0.943. The van der Waals surface area contributed by atoms with Crippen LogP contribution in [0.4, 0.5) is 0 Å². The molecule has 0 heterocycles. The second-order valence-corrected chi connectivity index (χ2v) is 18.9. The molecule has 0 saturated heterocycles. The number of esters is 3. The zero-order valence-electron chi connectivity index (χ0n) is 40.4. The maximum absolute atomic E-state index is 12.8. The molecular formula is C53H102O6. The maximum atomic E-state index is 12.8. The van der Waals surface area contributed by atoms with Crippen LogP contribution in [0.1, 0.15) is 291 Å². The van der Waals surface area contributed by atoms with Gasteiger partial charge in [0.25, 0.3) is 0 Å². The minimum Gasteiger partial charge on any atom is -0.462 e. The fourth-order valence-corrected chi connectivity index (χ4v) is 7.96. The Bertz CT molecular complexity index is 902. The third-order valence-corrected chi connectivity index (χ3v) is 12.3. The molecule has 59 heavy (non-hydrogen) atoms. The van der Waals surface area contributed by atoms with Crippen LogP contribution in [0.25, 0.3) is 0 Å². The van der Waals surface area contributed by atoms with E-state index in [1.54, 1.807) is 0 Å². The largest absolute Gasteiger partial charge is 0.462 e. The van der Waals surface area contributed by atoms with E-state index in [4.69, 9.17) is 14.2 Å². The smallest absolute Gasteiger partial charge is 0.306 e. The van der Waals surface area contributed by atoms with Crippen molar-refractivity contribution in [3.8, 4) is 0 Å². The van der Waals surface area contributed by atoms with E-state index in [1.807, 2.05) is 0 Å². The number of unbranched alkanes of at least 4 members (excludes halogenated alkanes) is 31. The summed E-state index contributed by atoms with van der Waals surface area (Å²) >= 11 is 0. The van der Waals surface area contributed by atoms with E-state index >= 15 is 0 Å². The molecule has 0 saturated carbocycles. The van der Waals surface area contributed by atoms with Gasteiger partial charge < -0.3 is 14.2 Å². The van der Waals surface area contributed by atoms with Crippen LogP contribution in [0.15, 0.2) is 0 Å². The van der Waals surface area contributed by atoms with Gasteiger partial charge in [0, 0.05) is 19.3 Å². The Kier molecular flexibility index (Phi) is 44.7. The second-order valence-electron chi connectivity index (χ2n) is 18.9. The Morgan fingerprint density at radius 1 is 0.356 bits per heavy atom. The lowest BCUT2D eigenvalue weighted by molar-refractivity contribution is -0.167. The van der Waals surface area contributed by atoms with Gasteiger partial charge in [-0.2, -0.15) is 0 Å². The maximum Gasteiger partial charge on any atom is 0.306 e. The SMILES string of the molecule is CCCCCCCCCCCCCCCCCCCCC(=O)O[C@@H](COC(=O)CCCCCCCCCCC(C)C)COC(=O)CCCCCCCCCCC(C)CC. The van der Waals surface area contributed by atoms with Crippen molar-refractivity contribution in [2.45, 2.75) is 298 Å². The summed E-state index contributed by atoms with van der Waals surface area (Å²) < 4.78 is 16.8. The number of hydrogen-bond acceptors (Lipinski definition) is 6. The van der Waals surface area contributed by atoms with Gasteiger partial charge >= 0.3 is 17.9 Å². The molecule has 0 rings (SSSR count). The molecule has 6 heteroatoms. The molecule has 0 aromatic heterocycles. The zero-order valence-corrected chi connectivity index (χ0v) is 40.4. The average molecular weight is 835 g/mol. The monoisotopic (exact) mass is 835 g/mol. The van der Waals surface area contributed by atoms with Gasteiger partial charge in [-0.3, -0.25) is 14.4 Å². The van der Waals surface area contributed by atoms with Crippen molar-refractivity contribution >= 4 is 17.9 Å². The molecule has 6 nitrogen and oxygen atoms in total. The summed E-state index contributed by atoms with van der Waals surface area (Å²) in [6.07, 6.45) is 46.6. The number of hydrogen-bond donors (Lipinski definition) is 0. The van der Waals surface area contributed by atoms with Gasteiger partial charge in [-0.15, -0.1) is 0 Å². The topological polar surface area (TPSA) is 78.9 Å². The Labute approximate surface area is 368 Å². The Hall–Kier alpha value is -1.59. The molecule has 0 bridgehead atoms. The van der Waals surface area contributed by atoms with Crippen molar-refractivity contribution in [1.29, 1.82) is 0 Å². The van der Waals surface area contributed by atoms with Crippen LogP contribution in [0.2, 0.25) is 0 Å². The Balaban J connectivity index is 4.29. The molecule has 0 fully saturated rings. The van der Waals surface area contributed by atoms with Crippen LogP contribution < -0.4 is 0 Å². The highest BCUT2D eigenvalue weighted by atomic mass is 16.6. The number of carbonyl (C=O) groups excluding carboxylic acids is 3. The fourth-order valence-electron chi connectivity index (χ4n) is 7.96. The highest BCUT2D eigenvalue weighted by Crippen LogP contribution is 2.18. The molecule has 0 aliphatic heterocycles.